The third-order valence-electron chi connectivity index (χ3n) is 2.83. The monoisotopic (exact) mass is 291 g/mol. The van der Waals surface area contributed by atoms with E-state index in [0.717, 1.165) is 4.90 Å². The smallest absolute Gasteiger partial charge is 0.325 e. The highest BCUT2D eigenvalue weighted by Gasteiger charge is 2.23. The number of aromatic hydroxyl groups is 1. The van der Waals surface area contributed by atoms with E-state index in [1.54, 1.807) is 6.92 Å². The van der Waals surface area contributed by atoms with Crippen LogP contribution in [-0.2, 0) is 4.79 Å². The fourth-order valence-electron chi connectivity index (χ4n) is 1.78. The van der Waals surface area contributed by atoms with Gasteiger partial charge in [0.25, 0.3) is 0 Å². The average molecular weight is 291 g/mol. The number of carbonyl (C=O) groups is 2. The summed E-state index contributed by atoms with van der Waals surface area (Å²) in [5.74, 6) is -1.12. The number of nitriles is 1. The molecule has 2 N–H and O–H groups in total. The van der Waals surface area contributed by atoms with Crippen molar-refractivity contribution in [2.75, 3.05) is 24.5 Å². The molecule has 0 saturated heterocycles. The van der Waals surface area contributed by atoms with Crippen molar-refractivity contribution in [1.82, 2.24) is 4.90 Å². The first-order chi connectivity index (χ1) is 9.99. The molecular formula is C14H17N3O4. The van der Waals surface area contributed by atoms with Crippen LogP contribution in [0.5, 0.6) is 5.75 Å². The molecular weight excluding hydrogens is 274 g/mol. The van der Waals surface area contributed by atoms with Gasteiger partial charge in [-0.15, -0.1) is 0 Å². The number of benzene rings is 1. The zero-order valence-electron chi connectivity index (χ0n) is 11.7. The van der Waals surface area contributed by atoms with E-state index in [4.69, 9.17) is 10.4 Å². The van der Waals surface area contributed by atoms with E-state index in [9.17, 15) is 14.7 Å². The summed E-state index contributed by atoms with van der Waals surface area (Å²) in [4.78, 5) is 25.9. The summed E-state index contributed by atoms with van der Waals surface area (Å²) in [5.41, 5.74) is 0.371. The summed E-state index contributed by atoms with van der Waals surface area (Å²) in [6, 6.07) is 7.16. The lowest BCUT2D eigenvalue weighted by atomic mass is 10.2. The molecule has 1 aromatic carbocycles. The maximum Gasteiger partial charge on any atom is 0.325 e. The Morgan fingerprint density at radius 2 is 1.90 bits per heavy atom. The lowest BCUT2D eigenvalue weighted by molar-refractivity contribution is -0.135. The molecule has 0 unspecified atom stereocenters. The van der Waals surface area contributed by atoms with Crippen LogP contribution in [0.15, 0.2) is 24.3 Å². The normalized spacial score (nSPS) is 9.71. The number of carbonyl (C=O) groups excluding carboxylic acids is 1. The lowest BCUT2D eigenvalue weighted by Gasteiger charge is -2.28. The van der Waals surface area contributed by atoms with Gasteiger partial charge < -0.3 is 15.1 Å². The Kier molecular flexibility index (Phi) is 6.01. The van der Waals surface area contributed by atoms with Crippen LogP contribution < -0.4 is 4.90 Å². The number of anilines is 1. The Bertz CT molecular complexity index is 536. The number of rotatable bonds is 6. The molecule has 0 bridgehead atoms. The van der Waals surface area contributed by atoms with Crippen LogP contribution in [-0.4, -0.2) is 46.7 Å². The maximum absolute atomic E-state index is 12.4. The first-order valence-corrected chi connectivity index (χ1v) is 6.43. The Balaban J connectivity index is 3.00. The highest BCUT2D eigenvalue weighted by molar-refractivity contribution is 5.96. The molecule has 0 aliphatic heterocycles. The number of hydrogen-bond acceptors (Lipinski definition) is 4. The van der Waals surface area contributed by atoms with Crippen LogP contribution >= 0.6 is 0 Å². The summed E-state index contributed by atoms with van der Waals surface area (Å²) >= 11 is 0. The molecule has 1 aromatic rings. The number of nitrogens with zero attached hydrogens (tertiary/aromatic N) is 3. The second-order valence-electron chi connectivity index (χ2n) is 4.27. The van der Waals surface area contributed by atoms with Gasteiger partial charge in [0.2, 0.25) is 0 Å². The van der Waals surface area contributed by atoms with Crippen LogP contribution in [0, 0.1) is 11.3 Å². The standard InChI is InChI=1S/C14H17N3O4/c1-2-16(9-3-8-15)14(21)17(10-13(19)20)11-4-6-12(18)7-5-11/h4-7,18H,2-3,9-10H2,1H3,(H,19,20). The van der Waals surface area contributed by atoms with Crippen LogP contribution in [0.25, 0.3) is 0 Å². The van der Waals surface area contributed by atoms with Crippen molar-refractivity contribution in [2.24, 2.45) is 0 Å². The van der Waals surface area contributed by atoms with Crippen molar-refractivity contribution in [1.29, 1.82) is 5.26 Å². The van der Waals surface area contributed by atoms with Crippen molar-refractivity contribution >= 4 is 17.7 Å². The molecule has 7 nitrogen and oxygen atoms in total. The van der Waals surface area contributed by atoms with E-state index in [-0.39, 0.29) is 18.7 Å². The Morgan fingerprint density at radius 1 is 1.29 bits per heavy atom. The van der Waals surface area contributed by atoms with E-state index in [1.807, 2.05) is 6.07 Å². The van der Waals surface area contributed by atoms with Gasteiger partial charge in [-0.3, -0.25) is 9.69 Å². The molecule has 0 aromatic heterocycles. The Hall–Kier alpha value is -2.75. The Morgan fingerprint density at radius 3 is 2.38 bits per heavy atom. The maximum atomic E-state index is 12.4. The molecule has 0 atom stereocenters. The van der Waals surface area contributed by atoms with E-state index >= 15 is 0 Å². The summed E-state index contributed by atoms with van der Waals surface area (Å²) in [5, 5.41) is 26.8. The first kappa shape index (κ1) is 16.3. The molecule has 0 aliphatic carbocycles. The van der Waals surface area contributed by atoms with Gasteiger partial charge in [0.05, 0.1) is 12.5 Å². The number of amides is 2. The van der Waals surface area contributed by atoms with Crippen molar-refractivity contribution < 1.29 is 19.8 Å². The fraction of sp³-hybridized carbons (Fsp3) is 0.357. The van der Waals surface area contributed by atoms with Crippen molar-refractivity contribution in [3.63, 3.8) is 0 Å². The number of carboxylic acids is 1. The molecule has 0 fully saturated rings. The summed E-state index contributed by atoms with van der Waals surface area (Å²) in [7, 11) is 0. The number of urea groups is 1. The highest BCUT2D eigenvalue weighted by atomic mass is 16.4. The van der Waals surface area contributed by atoms with Crippen molar-refractivity contribution in [3.05, 3.63) is 24.3 Å². The van der Waals surface area contributed by atoms with Gasteiger partial charge >= 0.3 is 12.0 Å². The zero-order valence-corrected chi connectivity index (χ0v) is 11.7. The number of aliphatic carboxylic acids is 1. The summed E-state index contributed by atoms with van der Waals surface area (Å²) in [6.45, 7) is 1.87. The van der Waals surface area contributed by atoms with Crippen LogP contribution in [0.4, 0.5) is 10.5 Å². The number of carboxylic acid groups (broad SMARTS) is 1. The number of hydrogen-bond donors (Lipinski definition) is 2. The van der Waals surface area contributed by atoms with Crippen LogP contribution in [0.1, 0.15) is 13.3 Å². The lowest BCUT2D eigenvalue weighted by Crippen LogP contribution is -2.46. The second kappa shape index (κ2) is 7.75. The summed E-state index contributed by atoms with van der Waals surface area (Å²) < 4.78 is 0. The minimum atomic E-state index is -1.15. The molecule has 2 amide bonds. The van der Waals surface area contributed by atoms with Gasteiger partial charge in [0.1, 0.15) is 12.3 Å². The summed E-state index contributed by atoms with van der Waals surface area (Å²) in [6.07, 6.45) is 0.177. The van der Waals surface area contributed by atoms with Crippen molar-refractivity contribution in [3.8, 4) is 11.8 Å². The van der Waals surface area contributed by atoms with Crippen molar-refractivity contribution in [2.45, 2.75) is 13.3 Å². The second-order valence-corrected chi connectivity index (χ2v) is 4.27. The molecule has 1 rings (SSSR count). The minimum absolute atomic E-state index is 0.0262. The Labute approximate surface area is 122 Å². The first-order valence-electron chi connectivity index (χ1n) is 6.43. The van der Waals surface area contributed by atoms with Gasteiger partial charge in [-0.2, -0.15) is 5.26 Å². The average Bonchev–Trinajstić information content (AvgIpc) is 2.46. The van der Waals surface area contributed by atoms with E-state index in [2.05, 4.69) is 0 Å². The van der Waals surface area contributed by atoms with E-state index < -0.39 is 18.5 Å². The van der Waals surface area contributed by atoms with Gasteiger partial charge in [0, 0.05) is 18.8 Å². The third-order valence-corrected chi connectivity index (χ3v) is 2.83. The van der Waals surface area contributed by atoms with Gasteiger partial charge in [-0.1, -0.05) is 0 Å². The molecule has 112 valence electrons. The van der Waals surface area contributed by atoms with Crippen LogP contribution in [0.2, 0.25) is 0 Å². The van der Waals surface area contributed by atoms with E-state index in [0.29, 0.717) is 12.2 Å². The van der Waals surface area contributed by atoms with Gasteiger partial charge in [-0.25, -0.2) is 4.79 Å². The molecule has 0 heterocycles. The largest absolute Gasteiger partial charge is 0.508 e. The number of phenolic OH excluding ortho intramolecular Hbond substituents is 1. The quantitative estimate of drug-likeness (QED) is 0.829. The molecule has 0 spiro atoms. The molecule has 0 radical (unpaired) electrons. The SMILES string of the molecule is CCN(CCC#N)C(=O)N(CC(=O)O)c1ccc(O)cc1. The topological polar surface area (TPSA) is 105 Å². The van der Waals surface area contributed by atoms with Gasteiger partial charge in [0.15, 0.2) is 0 Å². The van der Waals surface area contributed by atoms with E-state index in [1.165, 1.54) is 29.2 Å². The minimum Gasteiger partial charge on any atom is -0.508 e. The zero-order chi connectivity index (χ0) is 15.8. The number of phenols is 1. The van der Waals surface area contributed by atoms with Gasteiger partial charge in [-0.05, 0) is 31.2 Å². The molecule has 7 heteroatoms. The van der Waals surface area contributed by atoms with Crippen LogP contribution in [0.3, 0.4) is 0 Å². The molecule has 21 heavy (non-hydrogen) atoms. The predicted molar refractivity (Wildman–Crippen MR) is 76.0 cm³/mol. The predicted octanol–water partition coefficient (Wildman–Crippen LogP) is 1.64. The fourth-order valence-corrected chi connectivity index (χ4v) is 1.78. The highest BCUT2D eigenvalue weighted by Crippen LogP contribution is 2.19. The molecule has 0 saturated carbocycles. The third kappa shape index (κ3) is 4.69. The molecule has 0 aliphatic rings.